The van der Waals surface area contributed by atoms with Gasteiger partial charge in [0.1, 0.15) is 11.1 Å². The van der Waals surface area contributed by atoms with E-state index in [1.807, 2.05) is 0 Å². The number of rotatable bonds is 3. The molecule has 2 aliphatic rings. The molecular formula is C14H17N3OS. The van der Waals surface area contributed by atoms with Crippen LogP contribution in [0.15, 0.2) is 0 Å². The molecule has 1 heterocycles. The molecule has 4 nitrogen and oxygen atoms in total. The fraction of sp³-hybridized carbons (Fsp3) is 0.571. The van der Waals surface area contributed by atoms with Crippen molar-refractivity contribution in [3.63, 3.8) is 0 Å². The van der Waals surface area contributed by atoms with Crippen molar-refractivity contribution in [2.45, 2.75) is 38.5 Å². The van der Waals surface area contributed by atoms with E-state index in [-0.39, 0.29) is 11.3 Å². The summed E-state index contributed by atoms with van der Waals surface area (Å²) in [5.74, 6) is -0.00215. The van der Waals surface area contributed by atoms with E-state index in [1.54, 1.807) is 11.3 Å². The maximum atomic E-state index is 12.3. The van der Waals surface area contributed by atoms with E-state index < -0.39 is 0 Å². The SMILES string of the molecule is N#Cc1c(NC(=O)C2(CN)CCC2)sc2c1CCC2. The molecule has 1 aromatic rings. The number of amides is 1. The third-order valence-corrected chi connectivity index (χ3v) is 5.65. The Hall–Kier alpha value is -1.38. The Labute approximate surface area is 116 Å². The molecule has 0 aromatic carbocycles. The predicted molar refractivity (Wildman–Crippen MR) is 75.0 cm³/mol. The van der Waals surface area contributed by atoms with Gasteiger partial charge in [0.2, 0.25) is 5.91 Å². The van der Waals surface area contributed by atoms with Gasteiger partial charge >= 0.3 is 0 Å². The summed E-state index contributed by atoms with van der Waals surface area (Å²) >= 11 is 1.57. The number of fused-ring (bicyclic) bond motifs is 1. The van der Waals surface area contributed by atoms with Gasteiger partial charge in [-0.1, -0.05) is 6.42 Å². The van der Waals surface area contributed by atoms with Gasteiger partial charge in [-0.2, -0.15) is 5.26 Å². The Kier molecular flexibility index (Phi) is 3.08. The molecule has 0 atom stereocenters. The van der Waals surface area contributed by atoms with Crippen LogP contribution < -0.4 is 11.1 Å². The van der Waals surface area contributed by atoms with Gasteiger partial charge in [0.25, 0.3) is 0 Å². The minimum Gasteiger partial charge on any atom is -0.329 e. The van der Waals surface area contributed by atoms with Crippen molar-refractivity contribution >= 4 is 22.2 Å². The molecule has 1 saturated carbocycles. The third-order valence-electron chi connectivity index (χ3n) is 4.44. The summed E-state index contributed by atoms with van der Waals surface area (Å²) in [7, 11) is 0. The average Bonchev–Trinajstić information content (AvgIpc) is 2.88. The molecule has 0 spiro atoms. The summed E-state index contributed by atoms with van der Waals surface area (Å²) < 4.78 is 0. The molecule has 1 aromatic heterocycles. The zero-order valence-electron chi connectivity index (χ0n) is 10.8. The van der Waals surface area contributed by atoms with Crippen molar-refractivity contribution in [3.8, 4) is 6.07 Å². The molecule has 3 N–H and O–H groups in total. The highest BCUT2D eigenvalue weighted by atomic mass is 32.1. The summed E-state index contributed by atoms with van der Waals surface area (Å²) in [4.78, 5) is 13.6. The summed E-state index contributed by atoms with van der Waals surface area (Å²) in [5, 5.41) is 13.0. The largest absolute Gasteiger partial charge is 0.329 e. The third kappa shape index (κ3) is 1.87. The van der Waals surface area contributed by atoms with Crippen molar-refractivity contribution in [2.24, 2.45) is 11.1 Å². The van der Waals surface area contributed by atoms with Gasteiger partial charge in [-0.15, -0.1) is 11.3 Å². The Morgan fingerprint density at radius 2 is 2.21 bits per heavy atom. The van der Waals surface area contributed by atoms with Crippen molar-refractivity contribution in [1.29, 1.82) is 5.26 Å². The molecule has 0 aliphatic heterocycles. The van der Waals surface area contributed by atoms with Crippen LogP contribution in [0.5, 0.6) is 0 Å². The minimum absolute atomic E-state index is 0.00215. The number of thiophene rings is 1. The number of aryl methyl sites for hydroxylation is 1. The summed E-state index contributed by atoms with van der Waals surface area (Å²) in [5.41, 5.74) is 7.19. The monoisotopic (exact) mass is 275 g/mol. The van der Waals surface area contributed by atoms with E-state index in [4.69, 9.17) is 5.73 Å². The van der Waals surface area contributed by atoms with Crippen LogP contribution in [-0.4, -0.2) is 12.5 Å². The lowest BCUT2D eigenvalue weighted by atomic mass is 9.68. The fourth-order valence-electron chi connectivity index (χ4n) is 2.97. The number of carbonyl (C=O) groups is 1. The molecule has 0 bridgehead atoms. The van der Waals surface area contributed by atoms with Gasteiger partial charge in [-0.05, 0) is 37.7 Å². The van der Waals surface area contributed by atoms with Gasteiger partial charge in [-0.25, -0.2) is 0 Å². The van der Waals surface area contributed by atoms with Crippen LogP contribution in [0.3, 0.4) is 0 Å². The second kappa shape index (κ2) is 4.62. The van der Waals surface area contributed by atoms with Crippen LogP contribution in [0.1, 0.15) is 41.7 Å². The van der Waals surface area contributed by atoms with Gasteiger partial charge < -0.3 is 11.1 Å². The number of carbonyl (C=O) groups excluding carboxylic acids is 1. The van der Waals surface area contributed by atoms with Crippen molar-refractivity contribution < 1.29 is 4.79 Å². The normalized spacial score (nSPS) is 19.4. The van der Waals surface area contributed by atoms with E-state index in [0.717, 1.165) is 49.1 Å². The first-order chi connectivity index (χ1) is 9.20. The number of nitrogens with zero attached hydrogens (tertiary/aromatic N) is 1. The number of nitrogens with one attached hydrogen (secondary N) is 1. The summed E-state index contributed by atoms with van der Waals surface area (Å²) in [6, 6.07) is 2.25. The van der Waals surface area contributed by atoms with Crippen LogP contribution >= 0.6 is 11.3 Å². The Morgan fingerprint density at radius 1 is 1.42 bits per heavy atom. The standard InChI is InChI=1S/C14H17N3OS/c15-7-10-9-3-1-4-11(9)19-12(10)17-13(18)14(8-16)5-2-6-14/h1-6,8,16H2,(H,17,18). The van der Waals surface area contributed by atoms with Crippen molar-refractivity contribution in [1.82, 2.24) is 0 Å². The quantitative estimate of drug-likeness (QED) is 0.887. The highest BCUT2D eigenvalue weighted by molar-refractivity contribution is 7.16. The Morgan fingerprint density at radius 3 is 2.79 bits per heavy atom. The van der Waals surface area contributed by atoms with Crippen LogP contribution in [0.4, 0.5) is 5.00 Å². The minimum atomic E-state index is -0.388. The summed E-state index contributed by atoms with van der Waals surface area (Å²) in [6.07, 6.45) is 5.91. The molecule has 5 heteroatoms. The second-order valence-electron chi connectivity index (χ2n) is 5.47. The van der Waals surface area contributed by atoms with Gasteiger partial charge in [-0.3, -0.25) is 4.79 Å². The molecule has 0 unspecified atom stereocenters. The fourth-order valence-corrected chi connectivity index (χ4v) is 4.21. The predicted octanol–water partition coefficient (Wildman–Crippen LogP) is 2.18. The van der Waals surface area contributed by atoms with Crippen molar-refractivity contribution in [2.75, 3.05) is 11.9 Å². The number of anilines is 1. The van der Waals surface area contributed by atoms with Gasteiger partial charge in [0.15, 0.2) is 0 Å². The number of hydrogen-bond donors (Lipinski definition) is 2. The van der Waals surface area contributed by atoms with E-state index in [1.165, 1.54) is 4.88 Å². The van der Waals surface area contributed by atoms with Crippen LogP contribution in [0.25, 0.3) is 0 Å². The van der Waals surface area contributed by atoms with Gasteiger partial charge in [0, 0.05) is 11.4 Å². The Bertz CT molecular complexity index is 560. The number of nitriles is 1. The van der Waals surface area contributed by atoms with E-state index >= 15 is 0 Å². The molecular weight excluding hydrogens is 258 g/mol. The molecule has 1 amide bonds. The van der Waals surface area contributed by atoms with E-state index in [0.29, 0.717) is 12.1 Å². The molecule has 0 radical (unpaired) electrons. The molecule has 1 fully saturated rings. The van der Waals surface area contributed by atoms with E-state index in [2.05, 4.69) is 11.4 Å². The smallest absolute Gasteiger partial charge is 0.232 e. The highest BCUT2D eigenvalue weighted by Gasteiger charge is 2.43. The molecule has 19 heavy (non-hydrogen) atoms. The zero-order chi connectivity index (χ0) is 13.5. The Balaban J connectivity index is 1.85. The lowest BCUT2D eigenvalue weighted by Gasteiger charge is -2.38. The topological polar surface area (TPSA) is 78.9 Å². The van der Waals surface area contributed by atoms with E-state index in [9.17, 15) is 10.1 Å². The van der Waals surface area contributed by atoms with Crippen LogP contribution in [-0.2, 0) is 17.6 Å². The van der Waals surface area contributed by atoms with Crippen LogP contribution in [0.2, 0.25) is 0 Å². The lowest BCUT2D eigenvalue weighted by molar-refractivity contribution is -0.129. The molecule has 100 valence electrons. The maximum Gasteiger partial charge on any atom is 0.232 e. The van der Waals surface area contributed by atoms with Crippen molar-refractivity contribution in [3.05, 3.63) is 16.0 Å². The average molecular weight is 275 g/mol. The first-order valence-electron chi connectivity index (χ1n) is 6.76. The van der Waals surface area contributed by atoms with Crippen LogP contribution in [0, 0.1) is 16.7 Å². The highest BCUT2D eigenvalue weighted by Crippen LogP contribution is 2.43. The molecule has 2 aliphatic carbocycles. The molecule has 3 rings (SSSR count). The first-order valence-corrected chi connectivity index (χ1v) is 7.58. The number of nitrogens with two attached hydrogens (primary N) is 1. The molecule has 0 saturated heterocycles. The lowest BCUT2D eigenvalue weighted by Crippen LogP contribution is -2.47. The summed E-state index contributed by atoms with van der Waals surface area (Å²) in [6.45, 7) is 0.395. The maximum absolute atomic E-state index is 12.3. The van der Waals surface area contributed by atoms with Gasteiger partial charge in [0.05, 0.1) is 11.0 Å². The zero-order valence-corrected chi connectivity index (χ0v) is 11.6. The number of hydrogen-bond acceptors (Lipinski definition) is 4. The first kappa shape index (κ1) is 12.6. The second-order valence-corrected chi connectivity index (χ2v) is 6.57.